The van der Waals surface area contributed by atoms with Crippen LogP contribution in [-0.2, 0) is 9.59 Å². The number of hydrogen-bond acceptors (Lipinski definition) is 3. The number of amides is 1. The van der Waals surface area contributed by atoms with Gasteiger partial charge in [-0.25, -0.2) is 0 Å². The summed E-state index contributed by atoms with van der Waals surface area (Å²) >= 11 is 0. The predicted molar refractivity (Wildman–Crippen MR) is 78.1 cm³/mol. The number of aliphatic carboxylic acids is 1. The monoisotopic (exact) mass is 291 g/mol. The van der Waals surface area contributed by atoms with E-state index < -0.39 is 12.1 Å². The zero-order chi connectivity index (χ0) is 15.2. The van der Waals surface area contributed by atoms with E-state index in [2.05, 4.69) is 5.32 Å². The lowest BCUT2D eigenvalue weighted by Crippen LogP contribution is -2.45. The third-order valence-corrected chi connectivity index (χ3v) is 3.60. The van der Waals surface area contributed by atoms with Gasteiger partial charge in [0, 0.05) is 6.04 Å². The molecular formula is C16H21NO4. The van der Waals surface area contributed by atoms with Crippen molar-refractivity contribution in [1.82, 2.24) is 5.32 Å². The van der Waals surface area contributed by atoms with Crippen molar-refractivity contribution in [1.29, 1.82) is 0 Å². The molecule has 0 radical (unpaired) electrons. The van der Waals surface area contributed by atoms with Gasteiger partial charge in [0.15, 0.2) is 6.10 Å². The van der Waals surface area contributed by atoms with Crippen molar-refractivity contribution >= 4 is 11.9 Å². The van der Waals surface area contributed by atoms with Crippen molar-refractivity contribution in [2.45, 2.75) is 44.8 Å². The number of nitrogens with one attached hydrogen (secondary N) is 1. The van der Waals surface area contributed by atoms with E-state index in [1.807, 2.05) is 25.1 Å². The highest BCUT2D eigenvalue weighted by Gasteiger charge is 2.35. The Labute approximate surface area is 124 Å². The Bertz CT molecular complexity index is 484. The fourth-order valence-electron chi connectivity index (χ4n) is 2.28. The molecule has 5 heteroatoms. The van der Waals surface area contributed by atoms with E-state index in [0.29, 0.717) is 18.1 Å². The maximum Gasteiger partial charge on any atom is 0.305 e. The molecule has 0 aromatic heterocycles. The van der Waals surface area contributed by atoms with E-state index >= 15 is 0 Å². The Balaban J connectivity index is 1.93. The molecule has 2 unspecified atom stereocenters. The van der Waals surface area contributed by atoms with Gasteiger partial charge < -0.3 is 15.2 Å². The molecule has 2 N–H and O–H groups in total. The average molecular weight is 291 g/mol. The first-order chi connectivity index (χ1) is 10.1. The number of carboxylic acids is 1. The number of carbonyl (C=O) groups is 2. The number of rotatable bonds is 8. The first-order valence-electron chi connectivity index (χ1n) is 7.34. The SMILES string of the molecule is CCC(Oc1ccccc1)C(=O)NC(CC(=O)O)C1CC1. The Morgan fingerprint density at radius 1 is 1.33 bits per heavy atom. The molecule has 2 rings (SSSR count). The highest BCUT2D eigenvalue weighted by atomic mass is 16.5. The summed E-state index contributed by atoms with van der Waals surface area (Å²) in [6.07, 6.45) is 1.87. The summed E-state index contributed by atoms with van der Waals surface area (Å²) < 4.78 is 5.67. The zero-order valence-electron chi connectivity index (χ0n) is 12.1. The molecule has 0 saturated heterocycles. The topological polar surface area (TPSA) is 75.6 Å². The number of para-hydroxylation sites is 1. The summed E-state index contributed by atoms with van der Waals surface area (Å²) in [5.41, 5.74) is 0. The minimum absolute atomic E-state index is 0.0296. The molecular weight excluding hydrogens is 270 g/mol. The second-order valence-electron chi connectivity index (χ2n) is 5.38. The maximum atomic E-state index is 12.3. The van der Waals surface area contributed by atoms with Gasteiger partial charge in [-0.2, -0.15) is 0 Å². The molecule has 1 aliphatic carbocycles. The molecule has 1 aliphatic rings. The van der Waals surface area contributed by atoms with E-state index in [4.69, 9.17) is 9.84 Å². The Kier molecular flexibility index (Phi) is 5.20. The fraction of sp³-hybridized carbons (Fsp3) is 0.500. The van der Waals surface area contributed by atoms with E-state index in [1.165, 1.54) is 0 Å². The van der Waals surface area contributed by atoms with Gasteiger partial charge in [0.2, 0.25) is 0 Å². The first-order valence-corrected chi connectivity index (χ1v) is 7.34. The molecule has 0 aliphatic heterocycles. The normalized spacial score (nSPS) is 16.8. The molecule has 1 fully saturated rings. The van der Waals surface area contributed by atoms with Crippen molar-refractivity contribution in [3.8, 4) is 5.75 Å². The molecule has 0 heterocycles. The van der Waals surface area contributed by atoms with Crippen molar-refractivity contribution in [2.24, 2.45) is 5.92 Å². The Morgan fingerprint density at radius 2 is 2.00 bits per heavy atom. The van der Waals surface area contributed by atoms with Crippen LogP contribution in [0.1, 0.15) is 32.6 Å². The Morgan fingerprint density at radius 3 is 2.52 bits per heavy atom. The first kappa shape index (κ1) is 15.4. The lowest BCUT2D eigenvalue weighted by atomic mass is 10.1. The lowest BCUT2D eigenvalue weighted by Gasteiger charge is -2.21. The average Bonchev–Trinajstić information content (AvgIpc) is 3.29. The molecule has 1 aromatic carbocycles. The largest absolute Gasteiger partial charge is 0.481 e. The van der Waals surface area contributed by atoms with Crippen LogP contribution in [0.15, 0.2) is 30.3 Å². The van der Waals surface area contributed by atoms with Crippen LogP contribution in [-0.4, -0.2) is 29.1 Å². The molecule has 1 aromatic rings. The molecule has 2 atom stereocenters. The van der Waals surface area contributed by atoms with Gasteiger partial charge in [-0.05, 0) is 37.3 Å². The van der Waals surface area contributed by atoms with Gasteiger partial charge in [-0.1, -0.05) is 25.1 Å². The van der Waals surface area contributed by atoms with Crippen LogP contribution >= 0.6 is 0 Å². The molecule has 114 valence electrons. The zero-order valence-corrected chi connectivity index (χ0v) is 12.1. The smallest absolute Gasteiger partial charge is 0.305 e. The van der Waals surface area contributed by atoms with Crippen molar-refractivity contribution in [3.05, 3.63) is 30.3 Å². The number of carboxylic acid groups (broad SMARTS) is 1. The number of carbonyl (C=O) groups excluding carboxylic acids is 1. The molecule has 0 bridgehead atoms. The summed E-state index contributed by atoms with van der Waals surface area (Å²) in [6, 6.07) is 8.87. The van der Waals surface area contributed by atoms with Crippen LogP contribution in [0.3, 0.4) is 0 Å². The van der Waals surface area contributed by atoms with E-state index in [1.54, 1.807) is 12.1 Å². The second kappa shape index (κ2) is 7.11. The van der Waals surface area contributed by atoms with Gasteiger partial charge >= 0.3 is 5.97 Å². The minimum atomic E-state index is -0.885. The Hall–Kier alpha value is -2.04. The van der Waals surface area contributed by atoms with Crippen LogP contribution in [0, 0.1) is 5.92 Å². The van der Waals surface area contributed by atoms with Crippen molar-refractivity contribution in [3.63, 3.8) is 0 Å². The standard InChI is InChI=1S/C16H21NO4/c1-2-14(21-12-6-4-3-5-7-12)16(20)17-13(10-15(18)19)11-8-9-11/h3-7,11,13-14H,2,8-10H2,1H3,(H,17,20)(H,18,19). The highest BCUT2D eigenvalue weighted by Crippen LogP contribution is 2.34. The van der Waals surface area contributed by atoms with E-state index in [-0.39, 0.29) is 18.4 Å². The van der Waals surface area contributed by atoms with Crippen LogP contribution < -0.4 is 10.1 Å². The van der Waals surface area contributed by atoms with E-state index in [0.717, 1.165) is 12.8 Å². The number of ether oxygens (including phenoxy) is 1. The summed E-state index contributed by atoms with van der Waals surface area (Å²) in [6.45, 7) is 1.87. The molecule has 21 heavy (non-hydrogen) atoms. The highest BCUT2D eigenvalue weighted by molar-refractivity contribution is 5.82. The van der Waals surface area contributed by atoms with E-state index in [9.17, 15) is 9.59 Å². The second-order valence-corrected chi connectivity index (χ2v) is 5.38. The third kappa shape index (κ3) is 4.77. The third-order valence-electron chi connectivity index (χ3n) is 3.60. The minimum Gasteiger partial charge on any atom is -0.481 e. The summed E-state index contributed by atoms with van der Waals surface area (Å²) in [4.78, 5) is 23.1. The van der Waals surface area contributed by atoms with Crippen LogP contribution in [0.2, 0.25) is 0 Å². The van der Waals surface area contributed by atoms with Gasteiger partial charge in [0.1, 0.15) is 5.75 Å². The summed E-state index contributed by atoms with van der Waals surface area (Å²) in [5.74, 6) is -0.191. The fourth-order valence-corrected chi connectivity index (χ4v) is 2.28. The number of benzene rings is 1. The molecule has 0 spiro atoms. The van der Waals surface area contributed by atoms with Gasteiger partial charge in [0.05, 0.1) is 6.42 Å². The summed E-state index contributed by atoms with van der Waals surface area (Å²) in [7, 11) is 0. The quantitative estimate of drug-likeness (QED) is 0.770. The van der Waals surface area contributed by atoms with Crippen molar-refractivity contribution < 1.29 is 19.4 Å². The van der Waals surface area contributed by atoms with Gasteiger partial charge in [0.25, 0.3) is 5.91 Å². The van der Waals surface area contributed by atoms with Gasteiger partial charge in [-0.15, -0.1) is 0 Å². The summed E-state index contributed by atoms with van der Waals surface area (Å²) in [5, 5.41) is 11.8. The van der Waals surface area contributed by atoms with Crippen LogP contribution in [0.5, 0.6) is 5.75 Å². The molecule has 5 nitrogen and oxygen atoms in total. The molecule has 1 amide bonds. The number of hydrogen-bond donors (Lipinski definition) is 2. The predicted octanol–water partition coefficient (Wildman–Crippen LogP) is 2.21. The van der Waals surface area contributed by atoms with Crippen molar-refractivity contribution in [2.75, 3.05) is 0 Å². The lowest BCUT2D eigenvalue weighted by molar-refractivity contribution is -0.138. The van der Waals surface area contributed by atoms with Crippen LogP contribution in [0.25, 0.3) is 0 Å². The van der Waals surface area contributed by atoms with Crippen LogP contribution in [0.4, 0.5) is 0 Å². The van der Waals surface area contributed by atoms with Gasteiger partial charge in [-0.3, -0.25) is 9.59 Å². The maximum absolute atomic E-state index is 12.3. The molecule has 1 saturated carbocycles.